The maximum Gasteiger partial charge on any atom is 0.133 e. The standard InChI is InChI=1S/C16H24FNO.C2H6/c1-10(2)15-14(19)9-11-5-6-12(18(3)4)7-8-13(11)16(15)17;1-2/h9-10,12,19H,5-8H2,1-4H3;1-2H3. The van der Waals surface area contributed by atoms with Gasteiger partial charge in [0.15, 0.2) is 0 Å². The average molecular weight is 295 g/mol. The number of hydrogen-bond acceptors (Lipinski definition) is 2. The zero-order chi connectivity index (χ0) is 16.2. The summed E-state index contributed by atoms with van der Waals surface area (Å²) in [6.45, 7) is 7.84. The van der Waals surface area contributed by atoms with Crippen LogP contribution >= 0.6 is 0 Å². The Morgan fingerprint density at radius 1 is 1.19 bits per heavy atom. The molecule has 2 rings (SSSR count). The summed E-state index contributed by atoms with van der Waals surface area (Å²) >= 11 is 0. The summed E-state index contributed by atoms with van der Waals surface area (Å²) in [5.41, 5.74) is 2.29. The van der Waals surface area contributed by atoms with Crippen LogP contribution in [0.2, 0.25) is 0 Å². The molecule has 0 fully saturated rings. The molecular weight excluding hydrogens is 265 g/mol. The molecule has 0 aliphatic heterocycles. The van der Waals surface area contributed by atoms with E-state index in [1.807, 2.05) is 27.7 Å². The number of benzene rings is 1. The van der Waals surface area contributed by atoms with Crippen LogP contribution in [0.1, 0.15) is 63.1 Å². The first-order chi connectivity index (χ1) is 9.91. The quantitative estimate of drug-likeness (QED) is 0.813. The van der Waals surface area contributed by atoms with Crippen molar-refractivity contribution in [3.8, 4) is 5.75 Å². The van der Waals surface area contributed by atoms with Crippen LogP contribution in [0.4, 0.5) is 4.39 Å². The summed E-state index contributed by atoms with van der Waals surface area (Å²) in [6.07, 6.45) is 3.63. The van der Waals surface area contributed by atoms with Gasteiger partial charge in [-0.25, -0.2) is 4.39 Å². The molecule has 2 nitrogen and oxygen atoms in total. The fourth-order valence-corrected chi connectivity index (χ4v) is 3.08. The summed E-state index contributed by atoms with van der Waals surface area (Å²) in [6, 6.07) is 2.28. The van der Waals surface area contributed by atoms with Crippen molar-refractivity contribution in [3.05, 3.63) is 28.6 Å². The molecule has 1 N–H and O–H groups in total. The van der Waals surface area contributed by atoms with Crippen molar-refractivity contribution in [2.24, 2.45) is 0 Å². The van der Waals surface area contributed by atoms with Crippen LogP contribution < -0.4 is 0 Å². The molecule has 21 heavy (non-hydrogen) atoms. The van der Waals surface area contributed by atoms with Gasteiger partial charge in [0.1, 0.15) is 11.6 Å². The minimum atomic E-state index is -0.176. The van der Waals surface area contributed by atoms with E-state index in [0.717, 1.165) is 36.8 Å². The summed E-state index contributed by atoms with van der Waals surface area (Å²) in [5, 5.41) is 10.0. The molecule has 0 saturated carbocycles. The second kappa shape index (κ2) is 7.79. The first-order valence-electron chi connectivity index (χ1n) is 8.11. The van der Waals surface area contributed by atoms with E-state index in [2.05, 4.69) is 19.0 Å². The number of aromatic hydroxyl groups is 1. The molecule has 1 aliphatic rings. The van der Waals surface area contributed by atoms with Crippen molar-refractivity contribution < 1.29 is 9.50 Å². The molecule has 120 valence electrons. The van der Waals surface area contributed by atoms with Crippen molar-refractivity contribution in [1.82, 2.24) is 4.90 Å². The van der Waals surface area contributed by atoms with Gasteiger partial charge in [0.05, 0.1) is 0 Å². The first kappa shape index (κ1) is 18.0. The number of rotatable bonds is 2. The molecule has 0 spiro atoms. The Bertz CT molecular complexity index is 469. The lowest BCUT2D eigenvalue weighted by atomic mass is 9.93. The van der Waals surface area contributed by atoms with E-state index in [1.165, 1.54) is 0 Å². The minimum Gasteiger partial charge on any atom is -0.508 e. The zero-order valence-electron chi connectivity index (χ0n) is 14.3. The van der Waals surface area contributed by atoms with Crippen LogP contribution in [0, 0.1) is 5.82 Å². The van der Waals surface area contributed by atoms with Gasteiger partial charge < -0.3 is 10.0 Å². The summed E-state index contributed by atoms with van der Waals surface area (Å²) in [7, 11) is 4.15. The molecule has 3 heteroatoms. The smallest absolute Gasteiger partial charge is 0.133 e. The van der Waals surface area contributed by atoms with Crippen molar-refractivity contribution in [2.75, 3.05) is 14.1 Å². The van der Waals surface area contributed by atoms with Gasteiger partial charge >= 0.3 is 0 Å². The highest BCUT2D eigenvalue weighted by atomic mass is 19.1. The van der Waals surface area contributed by atoms with E-state index in [-0.39, 0.29) is 17.5 Å². The predicted molar refractivity (Wildman–Crippen MR) is 87.6 cm³/mol. The molecule has 0 aromatic heterocycles. The molecule has 1 atom stereocenters. The Morgan fingerprint density at radius 3 is 2.29 bits per heavy atom. The molecule has 0 heterocycles. The topological polar surface area (TPSA) is 23.5 Å². The Balaban J connectivity index is 0.00000106. The lowest BCUT2D eigenvalue weighted by Crippen LogP contribution is -2.27. The number of halogens is 1. The van der Waals surface area contributed by atoms with Crippen molar-refractivity contribution in [1.29, 1.82) is 0 Å². The van der Waals surface area contributed by atoms with Crippen LogP contribution in [-0.4, -0.2) is 30.1 Å². The maximum atomic E-state index is 14.6. The van der Waals surface area contributed by atoms with Crippen LogP contribution in [0.25, 0.3) is 0 Å². The fraction of sp³-hybridized carbons (Fsp3) is 0.667. The van der Waals surface area contributed by atoms with Crippen LogP contribution in [0.3, 0.4) is 0 Å². The molecule has 1 aromatic carbocycles. The van der Waals surface area contributed by atoms with Crippen molar-refractivity contribution in [2.45, 2.75) is 65.3 Å². The third-order valence-electron chi connectivity index (χ3n) is 4.26. The summed E-state index contributed by atoms with van der Waals surface area (Å²) in [5.74, 6) is -0.0443. The molecule has 0 radical (unpaired) electrons. The molecular formula is C18H30FNO. The van der Waals surface area contributed by atoms with E-state index < -0.39 is 0 Å². The van der Waals surface area contributed by atoms with E-state index in [9.17, 15) is 9.50 Å². The number of hydrogen-bond donors (Lipinski definition) is 1. The Kier molecular flexibility index (Phi) is 6.66. The predicted octanol–water partition coefficient (Wildman–Crippen LogP) is 4.49. The number of phenolic OH excluding ortho intramolecular Hbond substituents is 1. The van der Waals surface area contributed by atoms with E-state index in [1.54, 1.807) is 6.07 Å². The van der Waals surface area contributed by atoms with Gasteiger partial charge in [0.2, 0.25) is 0 Å². The molecule has 0 saturated heterocycles. The number of fused-ring (bicyclic) bond motifs is 1. The summed E-state index contributed by atoms with van der Waals surface area (Å²) in [4.78, 5) is 2.22. The highest BCUT2D eigenvalue weighted by Gasteiger charge is 2.24. The first-order valence-corrected chi connectivity index (χ1v) is 8.11. The van der Waals surface area contributed by atoms with E-state index >= 15 is 0 Å². The Morgan fingerprint density at radius 2 is 1.76 bits per heavy atom. The van der Waals surface area contributed by atoms with Crippen molar-refractivity contribution >= 4 is 0 Å². The lowest BCUT2D eigenvalue weighted by Gasteiger charge is -2.22. The third-order valence-corrected chi connectivity index (χ3v) is 4.26. The third kappa shape index (κ3) is 3.97. The van der Waals surface area contributed by atoms with Gasteiger partial charge in [-0.15, -0.1) is 0 Å². The van der Waals surface area contributed by atoms with Gasteiger partial charge in [-0.2, -0.15) is 0 Å². The molecule has 1 aromatic rings. The largest absolute Gasteiger partial charge is 0.508 e. The van der Waals surface area contributed by atoms with Gasteiger partial charge in [0, 0.05) is 11.6 Å². The minimum absolute atomic E-state index is 0.0122. The average Bonchev–Trinajstić information content (AvgIpc) is 2.63. The fourth-order valence-electron chi connectivity index (χ4n) is 3.08. The monoisotopic (exact) mass is 295 g/mol. The van der Waals surface area contributed by atoms with Gasteiger partial charge in [-0.3, -0.25) is 0 Å². The van der Waals surface area contributed by atoms with Gasteiger partial charge in [0.25, 0.3) is 0 Å². The molecule has 0 bridgehead atoms. The maximum absolute atomic E-state index is 14.6. The van der Waals surface area contributed by atoms with Gasteiger partial charge in [-0.05, 0) is 62.9 Å². The number of aryl methyl sites for hydroxylation is 1. The van der Waals surface area contributed by atoms with E-state index in [4.69, 9.17) is 0 Å². The van der Waals surface area contributed by atoms with E-state index in [0.29, 0.717) is 11.6 Å². The zero-order valence-corrected chi connectivity index (χ0v) is 14.3. The Labute approximate surface area is 129 Å². The number of nitrogens with zero attached hydrogens (tertiary/aromatic N) is 1. The van der Waals surface area contributed by atoms with Gasteiger partial charge in [-0.1, -0.05) is 27.7 Å². The molecule has 0 amide bonds. The summed E-state index contributed by atoms with van der Waals surface area (Å²) < 4.78 is 14.6. The van der Waals surface area contributed by atoms with Crippen LogP contribution in [-0.2, 0) is 12.8 Å². The molecule has 1 aliphatic carbocycles. The normalized spacial score (nSPS) is 18.0. The Hall–Kier alpha value is -1.09. The SMILES string of the molecule is CC.CC(C)c1c(O)cc2c(c1F)CCC(N(C)C)CC2. The number of phenols is 1. The highest BCUT2D eigenvalue weighted by Crippen LogP contribution is 2.35. The second-order valence-electron chi connectivity index (χ2n) is 6.11. The lowest BCUT2D eigenvalue weighted by molar-refractivity contribution is 0.268. The highest BCUT2D eigenvalue weighted by molar-refractivity contribution is 5.45. The second-order valence-corrected chi connectivity index (χ2v) is 6.11. The van der Waals surface area contributed by atoms with Crippen LogP contribution in [0.15, 0.2) is 6.07 Å². The van der Waals surface area contributed by atoms with Crippen molar-refractivity contribution in [3.63, 3.8) is 0 Å². The van der Waals surface area contributed by atoms with Crippen LogP contribution in [0.5, 0.6) is 5.75 Å². The molecule has 1 unspecified atom stereocenters.